The third kappa shape index (κ3) is 4.91. The van der Waals surface area contributed by atoms with Gasteiger partial charge in [-0.1, -0.05) is 55.1 Å². The Hall–Kier alpha value is -3.71. The number of hydrogen-bond acceptors (Lipinski definition) is 4. The van der Waals surface area contributed by atoms with Crippen molar-refractivity contribution in [3.63, 3.8) is 0 Å². The molecule has 6 heteroatoms. The number of aromatic nitrogens is 1. The Morgan fingerprint density at radius 3 is 2.54 bits per heavy atom. The molecular weight excluding hydrogens is 436 g/mol. The van der Waals surface area contributed by atoms with E-state index < -0.39 is 0 Å². The number of amides is 1. The standard InChI is InChI=1S/C29H30N4O2/c1-2-29(34)32-27-8-4-6-23(25(27)18-30)22-5-3-7-26-24(22)17-28(31-26)21-11-9-20(10-12-21)19-33-13-15-35-16-14-33/h2-12,17,31H,1,13-16,18-19,30H2,(H,32,34). The molecule has 0 bridgehead atoms. The van der Waals surface area contributed by atoms with E-state index in [4.69, 9.17) is 10.5 Å². The lowest BCUT2D eigenvalue weighted by Gasteiger charge is -2.26. The van der Waals surface area contributed by atoms with Crippen LogP contribution in [-0.4, -0.2) is 42.1 Å². The summed E-state index contributed by atoms with van der Waals surface area (Å²) in [4.78, 5) is 17.9. The van der Waals surface area contributed by atoms with Gasteiger partial charge in [0.2, 0.25) is 5.91 Å². The van der Waals surface area contributed by atoms with E-state index >= 15 is 0 Å². The Kier molecular flexibility index (Phi) is 6.77. The molecule has 0 unspecified atom stereocenters. The van der Waals surface area contributed by atoms with Crippen LogP contribution in [0.15, 0.2) is 79.4 Å². The number of aromatic amines is 1. The van der Waals surface area contributed by atoms with E-state index in [-0.39, 0.29) is 5.91 Å². The van der Waals surface area contributed by atoms with Gasteiger partial charge in [0, 0.05) is 48.5 Å². The molecule has 5 rings (SSSR count). The fraction of sp³-hybridized carbons (Fsp3) is 0.207. The van der Waals surface area contributed by atoms with Crippen molar-refractivity contribution in [3.05, 3.63) is 90.5 Å². The van der Waals surface area contributed by atoms with Crippen LogP contribution in [0.3, 0.4) is 0 Å². The molecule has 6 nitrogen and oxygen atoms in total. The lowest BCUT2D eigenvalue weighted by Crippen LogP contribution is -2.35. The summed E-state index contributed by atoms with van der Waals surface area (Å²) >= 11 is 0. The van der Waals surface area contributed by atoms with E-state index in [0.29, 0.717) is 12.2 Å². The summed E-state index contributed by atoms with van der Waals surface area (Å²) in [7, 11) is 0. The lowest BCUT2D eigenvalue weighted by atomic mass is 9.95. The van der Waals surface area contributed by atoms with Crippen LogP contribution in [0.25, 0.3) is 33.3 Å². The molecule has 4 aromatic rings. The number of ether oxygens (including phenoxy) is 1. The zero-order valence-electron chi connectivity index (χ0n) is 19.7. The Labute approximate surface area is 205 Å². The van der Waals surface area contributed by atoms with Crippen LogP contribution >= 0.6 is 0 Å². The van der Waals surface area contributed by atoms with Crippen molar-refractivity contribution in [2.45, 2.75) is 13.1 Å². The molecule has 1 aliphatic rings. The zero-order valence-corrected chi connectivity index (χ0v) is 19.7. The van der Waals surface area contributed by atoms with Crippen LogP contribution in [0, 0.1) is 0 Å². The van der Waals surface area contributed by atoms with E-state index in [1.165, 1.54) is 11.6 Å². The molecule has 178 valence electrons. The van der Waals surface area contributed by atoms with E-state index in [0.717, 1.165) is 71.7 Å². The molecular formula is C29H30N4O2. The first kappa shape index (κ1) is 23.1. The predicted molar refractivity (Wildman–Crippen MR) is 142 cm³/mol. The molecule has 1 aromatic heterocycles. The summed E-state index contributed by atoms with van der Waals surface area (Å²) in [5.74, 6) is -0.254. The van der Waals surface area contributed by atoms with Gasteiger partial charge in [0.25, 0.3) is 0 Å². The summed E-state index contributed by atoms with van der Waals surface area (Å²) in [5, 5.41) is 3.99. The molecule has 2 heterocycles. The molecule has 0 atom stereocenters. The fourth-order valence-electron chi connectivity index (χ4n) is 4.71. The third-order valence-corrected chi connectivity index (χ3v) is 6.55. The zero-order chi connectivity index (χ0) is 24.2. The number of carbonyl (C=O) groups excluding carboxylic acids is 1. The third-order valence-electron chi connectivity index (χ3n) is 6.55. The van der Waals surface area contributed by atoms with Gasteiger partial charge < -0.3 is 20.8 Å². The van der Waals surface area contributed by atoms with Crippen molar-refractivity contribution < 1.29 is 9.53 Å². The molecule has 0 spiro atoms. The number of H-pyrrole nitrogens is 1. The molecule has 1 saturated heterocycles. The van der Waals surface area contributed by atoms with E-state index in [9.17, 15) is 4.79 Å². The molecule has 1 fully saturated rings. The number of carbonyl (C=O) groups is 1. The molecule has 1 amide bonds. The molecule has 0 aliphatic carbocycles. The number of morpholine rings is 1. The molecule has 0 saturated carbocycles. The highest BCUT2D eigenvalue weighted by molar-refractivity contribution is 6.02. The second-order valence-electron chi connectivity index (χ2n) is 8.76. The van der Waals surface area contributed by atoms with Crippen LogP contribution in [0.4, 0.5) is 5.69 Å². The average molecular weight is 467 g/mol. The number of nitrogens with one attached hydrogen (secondary N) is 2. The smallest absolute Gasteiger partial charge is 0.247 e. The normalized spacial score (nSPS) is 14.2. The fourth-order valence-corrected chi connectivity index (χ4v) is 4.71. The van der Waals surface area contributed by atoms with Gasteiger partial charge in [-0.15, -0.1) is 0 Å². The molecule has 1 aliphatic heterocycles. The van der Waals surface area contributed by atoms with Crippen LogP contribution in [0.5, 0.6) is 0 Å². The van der Waals surface area contributed by atoms with Crippen molar-refractivity contribution in [1.82, 2.24) is 9.88 Å². The molecule has 4 N–H and O–H groups in total. The maximum absolute atomic E-state index is 11.9. The highest BCUT2D eigenvalue weighted by atomic mass is 16.5. The number of nitrogens with zero attached hydrogens (tertiary/aromatic N) is 1. The van der Waals surface area contributed by atoms with Gasteiger partial charge >= 0.3 is 0 Å². The van der Waals surface area contributed by atoms with Crippen LogP contribution < -0.4 is 11.1 Å². The largest absolute Gasteiger partial charge is 0.379 e. The van der Waals surface area contributed by atoms with Crippen molar-refractivity contribution in [3.8, 4) is 22.4 Å². The number of hydrogen-bond donors (Lipinski definition) is 3. The minimum absolute atomic E-state index is 0.254. The topological polar surface area (TPSA) is 83.4 Å². The van der Waals surface area contributed by atoms with Crippen molar-refractivity contribution in [2.24, 2.45) is 5.73 Å². The minimum atomic E-state index is -0.254. The maximum atomic E-state index is 11.9. The second kappa shape index (κ2) is 10.3. The van der Waals surface area contributed by atoms with Crippen molar-refractivity contribution in [2.75, 3.05) is 31.6 Å². The number of anilines is 1. The highest BCUT2D eigenvalue weighted by Crippen LogP contribution is 2.36. The van der Waals surface area contributed by atoms with Crippen LogP contribution in [-0.2, 0) is 22.6 Å². The summed E-state index contributed by atoms with van der Waals surface area (Å²) < 4.78 is 5.45. The minimum Gasteiger partial charge on any atom is -0.379 e. The van der Waals surface area contributed by atoms with Crippen molar-refractivity contribution >= 4 is 22.5 Å². The first-order valence-corrected chi connectivity index (χ1v) is 11.9. The Balaban J connectivity index is 1.47. The number of nitrogens with two attached hydrogens (primary N) is 1. The Bertz CT molecular complexity index is 1350. The predicted octanol–water partition coefficient (Wildman–Crippen LogP) is 4.92. The quantitative estimate of drug-likeness (QED) is 0.338. The van der Waals surface area contributed by atoms with Crippen LogP contribution in [0.2, 0.25) is 0 Å². The summed E-state index contributed by atoms with van der Waals surface area (Å²) in [6, 6.07) is 23.0. The summed E-state index contributed by atoms with van der Waals surface area (Å²) in [6.07, 6.45) is 1.26. The molecule has 35 heavy (non-hydrogen) atoms. The summed E-state index contributed by atoms with van der Waals surface area (Å²) in [5.41, 5.74) is 14.4. The number of fused-ring (bicyclic) bond motifs is 1. The van der Waals surface area contributed by atoms with E-state index in [1.807, 2.05) is 24.3 Å². The Morgan fingerprint density at radius 1 is 1.06 bits per heavy atom. The van der Waals surface area contributed by atoms with E-state index in [1.54, 1.807) is 0 Å². The number of benzene rings is 3. The van der Waals surface area contributed by atoms with Crippen molar-refractivity contribution in [1.29, 1.82) is 0 Å². The SMILES string of the molecule is C=CC(=O)Nc1cccc(-c2cccc3[nH]c(-c4ccc(CN5CCOCC5)cc4)cc23)c1CN. The van der Waals surface area contributed by atoms with Crippen LogP contribution in [0.1, 0.15) is 11.1 Å². The first-order chi connectivity index (χ1) is 17.2. The second-order valence-corrected chi connectivity index (χ2v) is 8.76. The Morgan fingerprint density at radius 2 is 1.80 bits per heavy atom. The van der Waals surface area contributed by atoms with E-state index in [2.05, 4.69) is 64.2 Å². The van der Waals surface area contributed by atoms with Gasteiger partial charge in [-0.2, -0.15) is 0 Å². The van der Waals surface area contributed by atoms with Gasteiger partial charge in [0.05, 0.1) is 13.2 Å². The van der Waals surface area contributed by atoms with Gasteiger partial charge in [0.1, 0.15) is 0 Å². The average Bonchev–Trinajstić information content (AvgIpc) is 3.34. The maximum Gasteiger partial charge on any atom is 0.247 e. The number of rotatable bonds is 7. The first-order valence-electron chi connectivity index (χ1n) is 11.9. The van der Waals surface area contributed by atoms with Gasteiger partial charge in [0.15, 0.2) is 0 Å². The summed E-state index contributed by atoms with van der Waals surface area (Å²) in [6.45, 7) is 8.38. The highest BCUT2D eigenvalue weighted by Gasteiger charge is 2.15. The van der Waals surface area contributed by atoms with Gasteiger partial charge in [-0.3, -0.25) is 9.69 Å². The molecule has 0 radical (unpaired) electrons. The lowest BCUT2D eigenvalue weighted by molar-refractivity contribution is -0.111. The van der Waals surface area contributed by atoms with Gasteiger partial charge in [-0.25, -0.2) is 0 Å². The molecule has 3 aromatic carbocycles. The monoisotopic (exact) mass is 466 g/mol. The van der Waals surface area contributed by atoms with Gasteiger partial charge in [-0.05, 0) is 52.1 Å².